The minimum absolute atomic E-state index is 0.0629. The van der Waals surface area contributed by atoms with E-state index in [4.69, 9.17) is 23.2 Å². The summed E-state index contributed by atoms with van der Waals surface area (Å²) < 4.78 is 26.3. The van der Waals surface area contributed by atoms with Gasteiger partial charge in [-0.3, -0.25) is 0 Å². The molecule has 0 N–H and O–H groups in total. The van der Waals surface area contributed by atoms with E-state index >= 15 is 0 Å². The van der Waals surface area contributed by atoms with Crippen LogP contribution in [0.4, 0.5) is 0 Å². The fraction of sp³-hybridized carbons (Fsp3) is 0.250. The van der Waals surface area contributed by atoms with Crippen molar-refractivity contribution < 1.29 is 8.42 Å². The number of thiazole rings is 1. The monoisotopic (exact) mass is 350 g/mol. The molecule has 1 aromatic heterocycles. The highest BCUT2D eigenvalue weighted by Gasteiger charge is 2.26. The number of aryl methyl sites for hydroxylation is 1. The van der Waals surface area contributed by atoms with Crippen LogP contribution < -0.4 is 0 Å². The molecule has 0 aliphatic rings. The van der Waals surface area contributed by atoms with E-state index in [0.717, 1.165) is 9.88 Å². The molecule has 0 saturated carbocycles. The third kappa shape index (κ3) is 3.15. The second-order valence-electron chi connectivity index (χ2n) is 4.16. The van der Waals surface area contributed by atoms with Crippen molar-refractivity contribution in [3.63, 3.8) is 0 Å². The lowest BCUT2D eigenvalue weighted by Gasteiger charge is -2.17. The summed E-state index contributed by atoms with van der Waals surface area (Å²) >= 11 is 13.4. The summed E-state index contributed by atoms with van der Waals surface area (Å²) in [5.74, 6) is 0. The van der Waals surface area contributed by atoms with E-state index in [0.29, 0.717) is 0 Å². The van der Waals surface area contributed by atoms with Crippen LogP contribution in [0, 0.1) is 6.92 Å². The third-order valence-corrected chi connectivity index (χ3v) is 6.29. The molecule has 20 heavy (non-hydrogen) atoms. The topological polar surface area (TPSA) is 50.3 Å². The van der Waals surface area contributed by atoms with Crippen LogP contribution in [0.3, 0.4) is 0 Å². The summed E-state index contributed by atoms with van der Waals surface area (Å²) in [6.07, 6.45) is 1.67. The molecule has 2 aromatic rings. The molecule has 1 aromatic carbocycles. The maximum atomic E-state index is 12.5. The third-order valence-electron chi connectivity index (χ3n) is 2.63. The van der Waals surface area contributed by atoms with Crippen LogP contribution >= 0.6 is 34.5 Å². The minimum Gasteiger partial charge on any atom is -0.250 e. The molecule has 0 bridgehead atoms. The first-order valence-corrected chi connectivity index (χ1v) is 8.65. The molecule has 0 unspecified atom stereocenters. The van der Waals surface area contributed by atoms with Gasteiger partial charge in [-0.2, -0.15) is 4.31 Å². The van der Waals surface area contributed by atoms with Gasteiger partial charge in [-0.15, -0.1) is 11.3 Å². The number of hydrogen-bond acceptors (Lipinski definition) is 4. The van der Waals surface area contributed by atoms with Gasteiger partial charge in [0.15, 0.2) is 0 Å². The quantitative estimate of drug-likeness (QED) is 0.846. The summed E-state index contributed by atoms with van der Waals surface area (Å²) in [4.78, 5) is 4.90. The maximum absolute atomic E-state index is 12.5. The molecule has 0 fully saturated rings. The summed E-state index contributed by atoms with van der Waals surface area (Å²) in [7, 11) is -2.25. The largest absolute Gasteiger partial charge is 0.250 e. The zero-order chi connectivity index (χ0) is 14.9. The lowest BCUT2D eigenvalue weighted by molar-refractivity contribution is 0.469. The van der Waals surface area contributed by atoms with Gasteiger partial charge in [0.2, 0.25) is 10.0 Å². The van der Waals surface area contributed by atoms with E-state index in [2.05, 4.69) is 4.98 Å². The van der Waals surface area contributed by atoms with E-state index in [9.17, 15) is 8.42 Å². The molecular weight excluding hydrogens is 339 g/mol. The van der Waals surface area contributed by atoms with Gasteiger partial charge in [0.1, 0.15) is 4.90 Å². The fourth-order valence-electron chi connectivity index (χ4n) is 1.67. The van der Waals surface area contributed by atoms with Gasteiger partial charge in [-0.1, -0.05) is 29.3 Å². The standard InChI is InChI=1S/C12H12Cl2N2O2S2/c1-8-15-6-9(19-8)7-16(2)20(17,18)12-10(13)4-3-5-11(12)14/h3-6H,7H2,1-2H3. The highest BCUT2D eigenvalue weighted by Crippen LogP contribution is 2.31. The number of halogens is 2. The van der Waals surface area contributed by atoms with Crippen LogP contribution in [-0.4, -0.2) is 24.8 Å². The van der Waals surface area contributed by atoms with Gasteiger partial charge in [-0.25, -0.2) is 13.4 Å². The summed E-state index contributed by atoms with van der Waals surface area (Å²) in [6.45, 7) is 2.10. The van der Waals surface area contributed by atoms with Gasteiger partial charge < -0.3 is 0 Å². The van der Waals surface area contributed by atoms with Crippen molar-refractivity contribution >= 4 is 44.6 Å². The molecule has 108 valence electrons. The normalized spacial score (nSPS) is 12.1. The smallest absolute Gasteiger partial charge is 0.246 e. The van der Waals surface area contributed by atoms with Gasteiger partial charge in [0.25, 0.3) is 0 Å². The van der Waals surface area contributed by atoms with Crippen LogP contribution in [0.25, 0.3) is 0 Å². The number of rotatable bonds is 4. The zero-order valence-electron chi connectivity index (χ0n) is 10.8. The highest BCUT2D eigenvalue weighted by molar-refractivity contribution is 7.89. The van der Waals surface area contributed by atoms with Crippen molar-refractivity contribution in [1.82, 2.24) is 9.29 Å². The van der Waals surface area contributed by atoms with E-state index in [1.807, 2.05) is 6.92 Å². The molecular formula is C12H12Cl2N2O2S2. The van der Waals surface area contributed by atoms with Crippen LogP contribution in [0.1, 0.15) is 9.88 Å². The van der Waals surface area contributed by atoms with E-state index in [-0.39, 0.29) is 21.5 Å². The Morgan fingerprint density at radius 2 is 1.90 bits per heavy atom. The molecule has 0 spiro atoms. The van der Waals surface area contributed by atoms with Gasteiger partial charge in [0.05, 0.1) is 15.1 Å². The Hall–Kier alpha value is -0.660. The Morgan fingerprint density at radius 3 is 2.40 bits per heavy atom. The van der Waals surface area contributed by atoms with E-state index in [1.54, 1.807) is 12.3 Å². The second kappa shape index (κ2) is 5.99. The highest BCUT2D eigenvalue weighted by atomic mass is 35.5. The molecule has 8 heteroatoms. The van der Waals surface area contributed by atoms with Crippen molar-refractivity contribution in [2.45, 2.75) is 18.4 Å². The molecule has 0 atom stereocenters. The predicted octanol–water partition coefficient (Wildman–Crippen LogP) is 3.58. The Morgan fingerprint density at radius 1 is 1.30 bits per heavy atom. The first-order valence-electron chi connectivity index (χ1n) is 5.64. The van der Waals surface area contributed by atoms with Crippen LogP contribution in [0.5, 0.6) is 0 Å². The van der Waals surface area contributed by atoms with Crippen molar-refractivity contribution in [1.29, 1.82) is 0 Å². The zero-order valence-corrected chi connectivity index (χ0v) is 13.9. The average Bonchev–Trinajstić information content (AvgIpc) is 2.74. The SMILES string of the molecule is Cc1ncc(CN(C)S(=O)(=O)c2c(Cl)cccc2Cl)s1. The lowest BCUT2D eigenvalue weighted by atomic mass is 10.4. The molecule has 4 nitrogen and oxygen atoms in total. The maximum Gasteiger partial charge on any atom is 0.246 e. The van der Waals surface area contributed by atoms with Crippen molar-refractivity contribution in [2.75, 3.05) is 7.05 Å². The second-order valence-corrected chi connectivity index (χ2v) is 8.27. The summed E-state index contributed by atoms with van der Waals surface area (Å²) in [5.41, 5.74) is 0. The number of hydrogen-bond donors (Lipinski definition) is 0. The summed E-state index contributed by atoms with van der Waals surface area (Å²) in [5, 5.41) is 1.12. The molecule has 0 aliphatic carbocycles. The van der Waals surface area contributed by atoms with Crippen LogP contribution in [0.2, 0.25) is 10.0 Å². The first-order chi connectivity index (χ1) is 9.32. The first kappa shape index (κ1) is 15.7. The van der Waals surface area contributed by atoms with Crippen molar-refractivity contribution in [2.24, 2.45) is 0 Å². The fourth-order valence-corrected chi connectivity index (χ4v) is 4.83. The van der Waals surface area contributed by atoms with E-state index < -0.39 is 10.0 Å². The molecule has 0 amide bonds. The molecule has 0 saturated heterocycles. The Kier molecular flexibility index (Phi) is 4.71. The molecule has 0 radical (unpaired) electrons. The Balaban J connectivity index is 2.35. The van der Waals surface area contributed by atoms with Gasteiger partial charge in [0, 0.05) is 24.7 Å². The van der Waals surface area contributed by atoms with Gasteiger partial charge >= 0.3 is 0 Å². The van der Waals surface area contributed by atoms with Gasteiger partial charge in [-0.05, 0) is 19.1 Å². The van der Waals surface area contributed by atoms with E-state index in [1.165, 1.54) is 34.8 Å². The number of sulfonamides is 1. The average molecular weight is 351 g/mol. The summed E-state index contributed by atoms with van der Waals surface area (Å²) in [6, 6.07) is 4.62. The molecule has 2 rings (SSSR count). The van der Waals surface area contributed by atoms with Crippen LogP contribution in [-0.2, 0) is 16.6 Å². The molecule has 1 heterocycles. The van der Waals surface area contributed by atoms with Crippen molar-refractivity contribution in [3.05, 3.63) is 44.3 Å². The molecule has 0 aliphatic heterocycles. The minimum atomic E-state index is -3.74. The Labute approximate surface area is 132 Å². The number of aromatic nitrogens is 1. The van der Waals surface area contributed by atoms with Crippen molar-refractivity contribution in [3.8, 4) is 0 Å². The van der Waals surface area contributed by atoms with Crippen LogP contribution in [0.15, 0.2) is 29.3 Å². The predicted molar refractivity (Wildman–Crippen MR) is 82.0 cm³/mol. The lowest BCUT2D eigenvalue weighted by Crippen LogP contribution is -2.26. The number of nitrogens with zero attached hydrogens (tertiary/aromatic N) is 2. The Bertz CT molecular complexity index is 709. The number of benzene rings is 1.